The van der Waals surface area contributed by atoms with Gasteiger partial charge in [0.05, 0.1) is 0 Å². The number of carbonyl (C=O) groups excluding carboxylic acids is 1. The summed E-state index contributed by atoms with van der Waals surface area (Å²) in [6.07, 6.45) is 2.84. The van der Waals surface area contributed by atoms with Crippen molar-refractivity contribution in [3.63, 3.8) is 0 Å². The van der Waals surface area contributed by atoms with Gasteiger partial charge in [0.25, 0.3) is 0 Å². The van der Waals surface area contributed by atoms with Crippen molar-refractivity contribution in [3.8, 4) is 0 Å². The summed E-state index contributed by atoms with van der Waals surface area (Å²) < 4.78 is 0. The lowest BCUT2D eigenvalue weighted by Crippen LogP contribution is -2.48. The van der Waals surface area contributed by atoms with Crippen molar-refractivity contribution in [1.29, 1.82) is 0 Å². The zero-order chi connectivity index (χ0) is 14.1. The van der Waals surface area contributed by atoms with Crippen LogP contribution < -0.4 is 0 Å². The molecule has 1 aromatic rings. The smallest absolute Gasteiger partial charge is 0.140 e. The molecule has 0 radical (unpaired) electrons. The number of rotatable bonds is 2. The van der Waals surface area contributed by atoms with E-state index in [0.717, 1.165) is 32.4 Å². The van der Waals surface area contributed by atoms with Crippen LogP contribution in [0.15, 0.2) is 41.5 Å². The Labute approximate surface area is 121 Å². The maximum Gasteiger partial charge on any atom is 0.140 e. The fraction of sp³-hybridized carbons (Fsp3) is 0.500. The van der Waals surface area contributed by atoms with Crippen molar-refractivity contribution in [2.45, 2.75) is 45.7 Å². The lowest BCUT2D eigenvalue weighted by molar-refractivity contribution is -0.126. The Morgan fingerprint density at radius 3 is 2.70 bits per heavy atom. The van der Waals surface area contributed by atoms with Crippen LogP contribution in [0.1, 0.15) is 38.7 Å². The third-order valence-electron chi connectivity index (χ3n) is 4.80. The van der Waals surface area contributed by atoms with E-state index < -0.39 is 0 Å². The second-order valence-electron chi connectivity index (χ2n) is 6.36. The van der Waals surface area contributed by atoms with Crippen molar-refractivity contribution in [2.24, 2.45) is 5.92 Å². The maximum atomic E-state index is 12.1. The van der Waals surface area contributed by atoms with E-state index in [1.165, 1.54) is 16.7 Å². The maximum absolute atomic E-state index is 12.1. The van der Waals surface area contributed by atoms with Crippen molar-refractivity contribution in [2.75, 3.05) is 6.54 Å². The average Bonchev–Trinajstić information content (AvgIpc) is 2.45. The van der Waals surface area contributed by atoms with E-state index in [1.807, 2.05) is 0 Å². The summed E-state index contributed by atoms with van der Waals surface area (Å²) >= 11 is 0. The highest BCUT2D eigenvalue weighted by atomic mass is 16.1. The Morgan fingerprint density at radius 2 is 2.00 bits per heavy atom. The summed E-state index contributed by atoms with van der Waals surface area (Å²) in [6, 6.07) is 11.3. The average molecular weight is 269 g/mol. The van der Waals surface area contributed by atoms with E-state index in [9.17, 15) is 4.79 Å². The first-order chi connectivity index (χ1) is 9.65. The molecule has 1 aromatic carbocycles. The fourth-order valence-corrected chi connectivity index (χ4v) is 3.64. The van der Waals surface area contributed by atoms with Gasteiger partial charge in [-0.15, -0.1) is 0 Å². The molecule has 2 nitrogen and oxygen atoms in total. The fourth-order valence-electron chi connectivity index (χ4n) is 3.64. The largest absolute Gasteiger partial charge is 0.299 e. The van der Waals surface area contributed by atoms with Gasteiger partial charge in [-0.05, 0) is 37.8 Å². The summed E-state index contributed by atoms with van der Waals surface area (Å²) in [5.74, 6) is 0.683. The number of benzene rings is 1. The van der Waals surface area contributed by atoms with Gasteiger partial charge in [0.1, 0.15) is 5.78 Å². The molecule has 1 aliphatic carbocycles. The van der Waals surface area contributed by atoms with E-state index in [2.05, 4.69) is 49.1 Å². The van der Waals surface area contributed by atoms with Gasteiger partial charge in [0.2, 0.25) is 0 Å². The van der Waals surface area contributed by atoms with Gasteiger partial charge < -0.3 is 0 Å². The monoisotopic (exact) mass is 269 g/mol. The van der Waals surface area contributed by atoms with Crippen LogP contribution in [0.3, 0.4) is 0 Å². The lowest BCUT2D eigenvalue weighted by atomic mass is 9.74. The Hall–Kier alpha value is -1.41. The highest BCUT2D eigenvalue weighted by Gasteiger charge is 2.39. The first-order valence-electron chi connectivity index (χ1n) is 7.62. The standard InChI is InChI=1S/C18H23NO/c1-13(2)17-12-19(11-14-6-4-3-5-7-14)15-8-9-18(20)16(17)10-15/h3-7,15-16H,8-12H2,1-2H3. The molecule has 20 heavy (non-hydrogen) atoms. The van der Waals surface area contributed by atoms with Crippen LogP contribution in [0.2, 0.25) is 0 Å². The van der Waals surface area contributed by atoms with Gasteiger partial charge in [-0.3, -0.25) is 9.69 Å². The van der Waals surface area contributed by atoms with Gasteiger partial charge in [0.15, 0.2) is 0 Å². The Balaban J connectivity index is 1.82. The number of hydrogen-bond donors (Lipinski definition) is 0. The van der Waals surface area contributed by atoms with Crippen molar-refractivity contribution in [1.82, 2.24) is 4.90 Å². The molecule has 106 valence electrons. The first kappa shape index (κ1) is 13.6. The molecule has 1 saturated carbocycles. The molecule has 2 bridgehead atoms. The molecule has 0 N–H and O–H groups in total. The number of Topliss-reactive ketones (excluding diaryl/α,β-unsaturated/α-hetero) is 1. The van der Waals surface area contributed by atoms with Gasteiger partial charge in [-0.25, -0.2) is 0 Å². The zero-order valence-corrected chi connectivity index (χ0v) is 12.4. The summed E-state index contributed by atoms with van der Waals surface area (Å²) in [5.41, 5.74) is 4.08. The molecule has 2 atom stereocenters. The number of nitrogens with zero attached hydrogens (tertiary/aromatic N) is 1. The quantitative estimate of drug-likeness (QED) is 0.765. The van der Waals surface area contributed by atoms with E-state index in [1.54, 1.807) is 0 Å². The highest BCUT2D eigenvalue weighted by Crippen LogP contribution is 2.37. The second-order valence-corrected chi connectivity index (χ2v) is 6.36. The molecule has 2 heteroatoms. The van der Waals surface area contributed by atoms with Gasteiger partial charge in [-0.2, -0.15) is 0 Å². The molecule has 2 fully saturated rings. The number of allylic oxidation sites excluding steroid dienone is 1. The van der Waals surface area contributed by atoms with Crippen LogP contribution in [0, 0.1) is 5.92 Å². The molecule has 1 heterocycles. The molecule has 0 amide bonds. The highest BCUT2D eigenvalue weighted by molar-refractivity contribution is 5.85. The summed E-state index contributed by atoms with van der Waals surface area (Å²) in [5, 5.41) is 0. The van der Waals surface area contributed by atoms with Gasteiger partial charge >= 0.3 is 0 Å². The van der Waals surface area contributed by atoms with Gasteiger partial charge in [-0.1, -0.05) is 35.9 Å². The van der Waals surface area contributed by atoms with E-state index in [-0.39, 0.29) is 5.92 Å². The summed E-state index contributed by atoms with van der Waals surface area (Å²) in [4.78, 5) is 14.7. The molecule has 0 spiro atoms. The first-order valence-corrected chi connectivity index (χ1v) is 7.62. The number of ketones is 1. The second kappa shape index (κ2) is 5.53. The van der Waals surface area contributed by atoms with Crippen LogP contribution in [-0.2, 0) is 11.3 Å². The lowest BCUT2D eigenvalue weighted by Gasteiger charge is -2.44. The van der Waals surface area contributed by atoms with Crippen LogP contribution in [0.4, 0.5) is 0 Å². The molecule has 2 aliphatic rings. The molecule has 3 rings (SSSR count). The molecular formula is C18H23NO. The Kier molecular flexibility index (Phi) is 3.75. The number of hydrogen-bond acceptors (Lipinski definition) is 2. The molecule has 1 aliphatic heterocycles. The van der Waals surface area contributed by atoms with Crippen LogP contribution in [0.25, 0.3) is 0 Å². The van der Waals surface area contributed by atoms with Crippen LogP contribution >= 0.6 is 0 Å². The molecule has 0 aromatic heterocycles. The number of piperidine rings is 1. The molecule has 1 saturated heterocycles. The Morgan fingerprint density at radius 1 is 1.25 bits per heavy atom. The SMILES string of the molecule is CC(C)=C1CN(Cc2ccccc2)C2CCC(=O)C1C2. The van der Waals surface area contributed by atoms with Crippen molar-refractivity contribution < 1.29 is 4.79 Å². The molecule has 2 unspecified atom stereocenters. The van der Waals surface area contributed by atoms with Crippen molar-refractivity contribution >= 4 is 5.78 Å². The van der Waals surface area contributed by atoms with Crippen molar-refractivity contribution in [3.05, 3.63) is 47.0 Å². The predicted octanol–water partition coefficient (Wildman–Crippen LogP) is 3.58. The van der Waals surface area contributed by atoms with E-state index in [4.69, 9.17) is 0 Å². The Bertz CT molecular complexity index is 528. The third kappa shape index (κ3) is 2.57. The number of carbonyl (C=O) groups is 1. The minimum atomic E-state index is 0.214. The molecular weight excluding hydrogens is 246 g/mol. The normalized spacial score (nSPS) is 26.7. The van der Waals surface area contributed by atoms with Gasteiger partial charge in [0, 0.05) is 31.5 Å². The van der Waals surface area contributed by atoms with Crippen LogP contribution in [0.5, 0.6) is 0 Å². The third-order valence-corrected chi connectivity index (χ3v) is 4.80. The minimum absolute atomic E-state index is 0.214. The number of fused-ring (bicyclic) bond motifs is 2. The minimum Gasteiger partial charge on any atom is -0.299 e. The summed E-state index contributed by atoms with van der Waals surface area (Å²) in [7, 11) is 0. The number of likely N-dealkylation sites (tertiary alicyclic amines) is 1. The van der Waals surface area contributed by atoms with Crippen LogP contribution in [-0.4, -0.2) is 23.3 Å². The van der Waals surface area contributed by atoms with E-state index in [0.29, 0.717) is 11.8 Å². The summed E-state index contributed by atoms with van der Waals surface area (Å²) in [6.45, 7) is 6.28. The van der Waals surface area contributed by atoms with E-state index >= 15 is 0 Å². The zero-order valence-electron chi connectivity index (χ0n) is 12.4. The predicted molar refractivity (Wildman–Crippen MR) is 81.4 cm³/mol. The topological polar surface area (TPSA) is 20.3 Å².